The van der Waals surface area contributed by atoms with Crippen molar-refractivity contribution in [2.45, 2.75) is 48.8 Å². The second kappa shape index (κ2) is 6.28. The van der Waals surface area contributed by atoms with Gasteiger partial charge in [0.2, 0.25) is 5.91 Å². The molecule has 0 spiro atoms. The molecule has 0 aliphatic heterocycles. The SMILES string of the molecule is CC(Sc1ccccc1)C(=O)N(C)C1CCCC1. The van der Waals surface area contributed by atoms with Crippen LogP contribution in [0.4, 0.5) is 0 Å². The van der Waals surface area contributed by atoms with Gasteiger partial charge in [0.25, 0.3) is 0 Å². The van der Waals surface area contributed by atoms with E-state index >= 15 is 0 Å². The molecule has 98 valence electrons. The molecule has 1 aliphatic rings. The summed E-state index contributed by atoms with van der Waals surface area (Å²) in [5.41, 5.74) is 0. The van der Waals surface area contributed by atoms with E-state index in [9.17, 15) is 4.79 Å². The van der Waals surface area contributed by atoms with Crippen molar-refractivity contribution >= 4 is 17.7 Å². The van der Waals surface area contributed by atoms with E-state index in [1.54, 1.807) is 11.8 Å². The van der Waals surface area contributed by atoms with Gasteiger partial charge in [0.1, 0.15) is 0 Å². The van der Waals surface area contributed by atoms with Crippen molar-refractivity contribution in [3.63, 3.8) is 0 Å². The summed E-state index contributed by atoms with van der Waals surface area (Å²) in [5, 5.41) is -0.00185. The average molecular weight is 263 g/mol. The van der Waals surface area contributed by atoms with Gasteiger partial charge in [-0.25, -0.2) is 0 Å². The predicted molar refractivity (Wildman–Crippen MR) is 76.8 cm³/mol. The molecule has 1 aromatic carbocycles. The summed E-state index contributed by atoms with van der Waals surface area (Å²) in [4.78, 5) is 15.5. The molecule has 1 amide bonds. The fraction of sp³-hybridized carbons (Fsp3) is 0.533. The maximum Gasteiger partial charge on any atom is 0.235 e. The fourth-order valence-electron chi connectivity index (χ4n) is 2.51. The van der Waals surface area contributed by atoms with Crippen molar-refractivity contribution in [2.75, 3.05) is 7.05 Å². The molecule has 0 saturated heterocycles. The molecular formula is C15H21NOS. The Hall–Kier alpha value is -0.960. The molecule has 0 radical (unpaired) electrons. The summed E-state index contributed by atoms with van der Waals surface area (Å²) in [7, 11) is 1.96. The Bertz CT molecular complexity index is 387. The number of benzene rings is 1. The summed E-state index contributed by atoms with van der Waals surface area (Å²) >= 11 is 1.65. The quantitative estimate of drug-likeness (QED) is 0.774. The van der Waals surface area contributed by atoms with Gasteiger partial charge < -0.3 is 4.90 Å². The molecule has 0 bridgehead atoms. The topological polar surface area (TPSA) is 20.3 Å². The third-order valence-corrected chi connectivity index (χ3v) is 4.72. The molecule has 2 rings (SSSR count). The van der Waals surface area contributed by atoms with E-state index in [0.29, 0.717) is 6.04 Å². The molecule has 1 fully saturated rings. The van der Waals surface area contributed by atoms with Crippen LogP contribution >= 0.6 is 11.8 Å². The van der Waals surface area contributed by atoms with Gasteiger partial charge in [-0.05, 0) is 31.9 Å². The minimum absolute atomic E-state index is 0.00185. The third-order valence-electron chi connectivity index (χ3n) is 3.62. The third kappa shape index (κ3) is 3.29. The molecule has 0 heterocycles. The molecule has 0 N–H and O–H groups in total. The van der Waals surface area contributed by atoms with Crippen molar-refractivity contribution < 1.29 is 4.79 Å². The molecule has 1 aliphatic carbocycles. The Morgan fingerprint density at radius 1 is 1.28 bits per heavy atom. The number of nitrogens with zero attached hydrogens (tertiary/aromatic N) is 1. The second-order valence-electron chi connectivity index (χ2n) is 4.96. The number of hydrogen-bond acceptors (Lipinski definition) is 2. The van der Waals surface area contributed by atoms with Crippen LogP contribution in [0, 0.1) is 0 Å². The summed E-state index contributed by atoms with van der Waals surface area (Å²) in [5.74, 6) is 0.260. The number of hydrogen-bond donors (Lipinski definition) is 0. The van der Waals surface area contributed by atoms with Crippen LogP contribution in [0.5, 0.6) is 0 Å². The Morgan fingerprint density at radius 2 is 1.89 bits per heavy atom. The van der Waals surface area contributed by atoms with Gasteiger partial charge in [0.05, 0.1) is 5.25 Å². The lowest BCUT2D eigenvalue weighted by Gasteiger charge is -2.27. The van der Waals surface area contributed by atoms with Crippen LogP contribution in [0.2, 0.25) is 0 Å². The second-order valence-corrected chi connectivity index (χ2v) is 6.37. The first kappa shape index (κ1) is 13.5. The lowest BCUT2D eigenvalue weighted by molar-refractivity contribution is -0.130. The Balaban J connectivity index is 1.91. The zero-order valence-electron chi connectivity index (χ0n) is 11.1. The Labute approximate surface area is 114 Å². The first-order valence-electron chi connectivity index (χ1n) is 6.67. The van der Waals surface area contributed by atoms with Crippen molar-refractivity contribution in [1.29, 1.82) is 0 Å². The van der Waals surface area contributed by atoms with Crippen LogP contribution in [-0.4, -0.2) is 29.1 Å². The van der Waals surface area contributed by atoms with Crippen LogP contribution in [0.15, 0.2) is 35.2 Å². The van der Waals surface area contributed by atoms with Gasteiger partial charge in [-0.3, -0.25) is 4.79 Å². The molecule has 1 atom stereocenters. The van der Waals surface area contributed by atoms with E-state index in [0.717, 1.165) is 4.90 Å². The first-order valence-corrected chi connectivity index (χ1v) is 7.55. The standard InChI is InChI=1S/C15H21NOS/c1-12(18-14-10-4-3-5-11-14)15(17)16(2)13-8-6-7-9-13/h3-5,10-13H,6-9H2,1-2H3. The minimum atomic E-state index is -0.00185. The van der Waals surface area contributed by atoms with E-state index in [4.69, 9.17) is 0 Å². The molecule has 1 saturated carbocycles. The normalized spacial score (nSPS) is 17.7. The van der Waals surface area contributed by atoms with Gasteiger partial charge in [-0.2, -0.15) is 0 Å². The van der Waals surface area contributed by atoms with E-state index in [1.165, 1.54) is 25.7 Å². The summed E-state index contributed by atoms with van der Waals surface area (Å²) in [6.07, 6.45) is 4.88. The monoisotopic (exact) mass is 263 g/mol. The first-order chi connectivity index (χ1) is 8.68. The van der Waals surface area contributed by atoms with E-state index in [-0.39, 0.29) is 11.2 Å². The summed E-state index contributed by atoms with van der Waals surface area (Å²) in [6.45, 7) is 2.01. The zero-order chi connectivity index (χ0) is 13.0. The molecule has 2 nitrogen and oxygen atoms in total. The van der Waals surface area contributed by atoms with E-state index in [1.807, 2.05) is 37.1 Å². The molecule has 0 aromatic heterocycles. The number of carbonyl (C=O) groups excluding carboxylic acids is 1. The lowest BCUT2D eigenvalue weighted by Crippen LogP contribution is -2.39. The predicted octanol–water partition coefficient (Wildman–Crippen LogP) is 3.57. The maximum atomic E-state index is 12.3. The van der Waals surface area contributed by atoms with E-state index in [2.05, 4.69) is 12.1 Å². The molecule has 18 heavy (non-hydrogen) atoms. The average Bonchev–Trinajstić information content (AvgIpc) is 2.92. The van der Waals surface area contributed by atoms with Gasteiger partial charge >= 0.3 is 0 Å². The molecule has 1 unspecified atom stereocenters. The highest BCUT2D eigenvalue weighted by atomic mass is 32.2. The van der Waals surface area contributed by atoms with Crippen LogP contribution in [-0.2, 0) is 4.79 Å². The largest absolute Gasteiger partial charge is 0.342 e. The number of thioether (sulfide) groups is 1. The van der Waals surface area contributed by atoms with Crippen LogP contribution in [0.25, 0.3) is 0 Å². The van der Waals surface area contributed by atoms with Crippen molar-refractivity contribution in [2.24, 2.45) is 0 Å². The van der Waals surface area contributed by atoms with E-state index < -0.39 is 0 Å². The van der Waals surface area contributed by atoms with Gasteiger partial charge in [0.15, 0.2) is 0 Å². The lowest BCUT2D eigenvalue weighted by atomic mass is 10.2. The molecule has 3 heteroatoms. The van der Waals surface area contributed by atoms with Crippen LogP contribution < -0.4 is 0 Å². The highest BCUT2D eigenvalue weighted by Crippen LogP contribution is 2.27. The van der Waals surface area contributed by atoms with Gasteiger partial charge in [-0.1, -0.05) is 31.0 Å². The Morgan fingerprint density at radius 3 is 2.50 bits per heavy atom. The smallest absolute Gasteiger partial charge is 0.235 e. The van der Waals surface area contributed by atoms with Gasteiger partial charge in [0, 0.05) is 18.0 Å². The van der Waals surface area contributed by atoms with Crippen molar-refractivity contribution in [1.82, 2.24) is 4.90 Å². The van der Waals surface area contributed by atoms with Crippen LogP contribution in [0.3, 0.4) is 0 Å². The minimum Gasteiger partial charge on any atom is -0.342 e. The Kier molecular flexibility index (Phi) is 4.70. The number of amides is 1. The highest BCUT2D eigenvalue weighted by molar-refractivity contribution is 8.00. The fourth-order valence-corrected chi connectivity index (χ4v) is 3.50. The zero-order valence-corrected chi connectivity index (χ0v) is 12.0. The number of rotatable bonds is 4. The summed E-state index contributed by atoms with van der Waals surface area (Å²) in [6, 6.07) is 10.6. The number of carbonyl (C=O) groups is 1. The highest BCUT2D eigenvalue weighted by Gasteiger charge is 2.26. The van der Waals surface area contributed by atoms with Gasteiger partial charge in [-0.15, -0.1) is 11.8 Å². The maximum absolute atomic E-state index is 12.3. The molecular weight excluding hydrogens is 242 g/mol. The van der Waals surface area contributed by atoms with Crippen LogP contribution in [0.1, 0.15) is 32.6 Å². The molecule has 1 aromatic rings. The summed E-state index contributed by atoms with van der Waals surface area (Å²) < 4.78 is 0. The van der Waals surface area contributed by atoms with Crippen molar-refractivity contribution in [3.8, 4) is 0 Å². The van der Waals surface area contributed by atoms with Crippen molar-refractivity contribution in [3.05, 3.63) is 30.3 Å².